The minimum Gasteiger partial charge on any atom is -0.496 e. The van der Waals surface area contributed by atoms with Gasteiger partial charge in [-0.2, -0.15) is 0 Å². The van der Waals surface area contributed by atoms with Crippen LogP contribution >= 0.6 is 15.9 Å². The van der Waals surface area contributed by atoms with E-state index < -0.39 is 23.7 Å². The van der Waals surface area contributed by atoms with Crippen LogP contribution in [0.2, 0.25) is 0 Å². The topological polar surface area (TPSA) is 75.7 Å². The minimum atomic E-state index is -1.05. The Bertz CT molecular complexity index is 1360. The summed E-state index contributed by atoms with van der Waals surface area (Å²) in [5.74, 6) is -2.63. The first kappa shape index (κ1) is 23.3. The number of hydrogen-bond acceptors (Lipinski definition) is 4. The summed E-state index contributed by atoms with van der Waals surface area (Å²) in [4.78, 5) is 38.3. The third-order valence-corrected chi connectivity index (χ3v) is 5.94. The van der Waals surface area contributed by atoms with E-state index in [1.807, 2.05) is 0 Å². The molecule has 0 aromatic heterocycles. The molecule has 0 unspecified atom stereocenters. The van der Waals surface area contributed by atoms with Crippen LogP contribution in [0.4, 0.5) is 19.3 Å². The maximum absolute atomic E-state index is 14.2. The number of benzene rings is 3. The molecular formula is C25H17BrF2N2O4. The van der Waals surface area contributed by atoms with Gasteiger partial charge in [-0.3, -0.25) is 14.9 Å². The van der Waals surface area contributed by atoms with Gasteiger partial charge in [0, 0.05) is 16.5 Å². The molecule has 0 atom stereocenters. The first-order valence-corrected chi connectivity index (χ1v) is 10.8. The number of anilines is 1. The molecular weight excluding hydrogens is 510 g/mol. The monoisotopic (exact) mass is 526 g/mol. The summed E-state index contributed by atoms with van der Waals surface area (Å²) in [5, 5.41) is 2.06. The van der Waals surface area contributed by atoms with Crippen LogP contribution in [0.25, 0.3) is 6.08 Å². The number of hydrogen-bond donors (Lipinski definition) is 1. The van der Waals surface area contributed by atoms with Gasteiger partial charge in [0.05, 0.1) is 12.8 Å². The molecule has 6 nitrogen and oxygen atoms in total. The standard InChI is InChI=1S/C25H17BrF2N2O4/c1-34-22-12-14(11-18(26)16(22)13-15-6-2-3-7-19(15)27)10-17-23(31)29-25(33)30(24(17)32)21-9-5-4-8-20(21)28/h2-12H,13H2,1H3,(H,29,31,33)/b17-10-. The number of halogens is 3. The number of amides is 4. The van der Waals surface area contributed by atoms with E-state index in [1.165, 1.54) is 37.5 Å². The number of ether oxygens (including phenoxy) is 1. The predicted molar refractivity (Wildman–Crippen MR) is 125 cm³/mol. The average Bonchev–Trinajstić information content (AvgIpc) is 2.80. The highest BCUT2D eigenvalue weighted by Gasteiger charge is 2.38. The van der Waals surface area contributed by atoms with Crippen LogP contribution in [-0.2, 0) is 16.0 Å². The Labute approximate surface area is 202 Å². The molecule has 34 heavy (non-hydrogen) atoms. The molecule has 0 bridgehead atoms. The average molecular weight is 527 g/mol. The second-order valence-electron chi connectivity index (χ2n) is 7.36. The number of nitrogens with zero attached hydrogens (tertiary/aromatic N) is 1. The summed E-state index contributed by atoms with van der Waals surface area (Å²) in [6.07, 6.45) is 1.51. The maximum Gasteiger partial charge on any atom is 0.336 e. The normalized spacial score (nSPS) is 15.0. The Balaban J connectivity index is 1.73. The molecule has 1 heterocycles. The van der Waals surface area contributed by atoms with Gasteiger partial charge >= 0.3 is 6.03 Å². The van der Waals surface area contributed by atoms with Gasteiger partial charge in [0.15, 0.2) is 0 Å². The molecule has 1 aliphatic heterocycles. The fourth-order valence-corrected chi connectivity index (χ4v) is 4.18. The number of carbonyl (C=O) groups is 3. The largest absolute Gasteiger partial charge is 0.496 e. The molecule has 0 aliphatic carbocycles. The van der Waals surface area contributed by atoms with E-state index >= 15 is 0 Å². The molecule has 0 radical (unpaired) electrons. The van der Waals surface area contributed by atoms with E-state index in [9.17, 15) is 23.2 Å². The molecule has 1 saturated heterocycles. The maximum atomic E-state index is 14.2. The number of imide groups is 2. The van der Waals surface area contributed by atoms with Crippen molar-refractivity contribution < 1.29 is 27.9 Å². The van der Waals surface area contributed by atoms with Crippen molar-refractivity contribution in [3.63, 3.8) is 0 Å². The Morgan fingerprint density at radius 1 is 1.00 bits per heavy atom. The van der Waals surface area contributed by atoms with E-state index in [0.717, 1.165) is 6.07 Å². The van der Waals surface area contributed by atoms with Gasteiger partial charge in [0.25, 0.3) is 11.8 Å². The molecule has 1 fully saturated rings. The van der Waals surface area contributed by atoms with Crippen molar-refractivity contribution in [1.82, 2.24) is 5.32 Å². The molecule has 9 heteroatoms. The van der Waals surface area contributed by atoms with Crippen LogP contribution in [-0.4, -0.2) is 25.0 Å². The summed E-state index contributed by atoms with van der Waals surface area (Å²) in [7, 11) is 1.45. The Kier molecular flexibility index (Phi) is 6.56. The highest BCUT2D eigenvalue weighted by molar-refractivity contribution is 9.10. The van der Waals surface area contributed by atoms with Crippen molar-refractivity contribution in [3.8, 4) is 5.75 Å². The van der Waals surface area contributed by atoms with Crippen LogP contribution < -0.4 is 15.0 Å². The Morgan fingerprint density at radius 2 is 1.68 bits per heavy atom. The van der Waals surface area contributed by atoms with Crippen molar-refractivity contribution in [3.05, 3.63) is 99.0 Å². The summed E-state index contributed by atoms with van der Waals surface area (Å²) in [6.45, 7) is 0. The van der Waals surface area contributed by atoms with Crippen molar-refractivity contribution in [2.24, 2.45) is 0 Å². The number of barbiturate groups is 1. The lowest BCUT2D eigenvalue weighted by Gasteiger charge is -2.26. The first-order chi connectivity index (χ1) is 16.3. The molecule has 3 aromatic carbocycles. The van der Waals surface area contributed by atoms with Gasteiger partial charge in [0.1, 0.15) is 23.0 Å². The Hall–Kier alpha value is -3.85. The summed E-state index contributed by atoms with van der Waals surface area (Å²) >= 11 is 3.45. The number of nitrogens with one attached hydrogen (secondary N) is 1. The lowest BCUT2D eigenvalue weighted by molar-refractivity contribution is -0.122. The summed E-state index contributed by atoms with van der Waals surface area (Å²) in [5.41, 5.74) is 0.897. The Morgan fingerprint density at radius 3 is 2.35 bits per heavy atom. The highest BCUT2D eigenvalue weighted by atomic mass is 79.9. The number of carbonyl (C=O) groups excluding carboxylic acids is 3. The van der Waals surface area contributed by atoms with E-state index in [1.54, 1.807) is 30.3 Å². The lowest BCUT2D eigenvalue weighted by atomic mass is 10.00. The van der Waals surface area contributed by atoms with Crippen LogP contribution in [0, 0.1) is 11.6 Å². The van der Waals surface area contributed by atoms with Crippen molar-refractivity contribution >= 4 is 45.5 Å². The summed E-state index contributed by atoms with van der Waals surface area (Å²) < 4.78 is 34.4. The molecule has 3 aromatic rings. The van der Waals surface area contributed by atoms with Gasteiger partial charge in [-0.25, -0.2) is 18.5 Å². The zero-order valence-electron chi connectivity index (χ0n) is 17.8. The van der Waals surface area contributed by atoms with Crippen molar-refractivity contribution in [2.45, 2.75) is 6.42 Å². The van der Waals surface area contributed by atoms with Crippen LogP contribution in [0.15, 0.2) is 70.7 Å². The van der Waals surface area contributed by atoms with E-state index in [-0.39, 0.29) is 23.5 Å². The smallest absolute Gasteiger partial charge is 0.336 e. The fraction of sp³-hybridized carbons (Fsp3) is 0.0800. The highest BCUT2D eigenvalue weighted by Crippen LogP contribution is 2.33. The quantitative estimate of drug-likeness (QED) is 0.375. The zero-order chi connectivity index (χ0) is 24.4. The molecule has 1 aliphatic rings. The lowest BCUT2D eigenvalue weighted by Crippen LogP contribution is -2.54. The van der Waals surface area contributed by atoms with Crippen LogP contribution in [0.1, 0.15) is 16.7 Å². The molecule has 4 rings (SSSR count). The minimum absolute atomic E-state index is 0.238. The van der Waals surface area contributed by atoms with Crippen LogP contribution in [0.3, 0.4) is 0 Å². The third kappa shape index (κ3) is 4.47. The molecule has 0 saturated carbocycles. The first-order valence-electron chi connectivity index (χ1n) is 10.1. The zero-order valence-corrected chi connectivity index (χ0v) is 19.4. The molecule has 4 amide bonds. The molecule has 172 valence electrons. The third-order valence-electron chi connectivity index (χ3n) is 5.23. The van der Waals surface area contributed by atoms with E-state index in [4.69, 9.17) is 4.74 Å². The van der Waals surface area contributed by atoms with E-state index in [2.05, 4.69) is 21.2 Å². The van der Waals surface area contributed by atoms with E-state index in [0.29, 0.717) is 31.8 Å². The number of urea groups is 1. The molecule has 0 spiro atoms. The second-order valence-corrected chi connectivity index (χ2v) is 8.22. The van der Waals surface area contributed by atoms with Gasteiger partial charge in [0.2, 0.25) is 0 Å². The second kappa shape index (κ2) is 9.56. The SMILES string of the molecule is COc1cc(/C=C2/C(=O)NC(=O)N(c3ccccc3F)C2=O)cc(Br)c1Cc1ccccc1F. The molecule has 1 N–H and O–H groups in total. The fourth-order valence-electron chi connectivity index (χ4n) is 3.58. The predicted octanol–water partition coefficient (Wildman–Crippen LogP) is 4.99. The van der Waals surface area contributed by atoms with Gasteiger partial charge in [-0.1, -0.05) is 46.3 Å². The van der Waals surface area contributed by atoms with Crippen molar-refractivity contribution in [1.29, 1.82) is 0 Å². The van der Waals surface area contributed by atoms with Gasteiger partial charge in [-0.05, 0) is 47.5 Å². The number of methoxy groups -OCH3 is 1. The van der Waals surface area contributed by atoms with Gasteiger partial charge in [-0.15, -0.1) is 0 Å². The number of rotatable bonds is 5. The number of para-hydroxylation sites is 1. The van der Waals surface area contributed by atoms with Gasteiger partial charge < -0.3 is 4.74 Å². The van der Waals surface area contributed by atoms with Crippen LogP contribution in [0.5, 0.6) is 5.75 Å². The van der Waals surface area contributed by atoms with Crippen molar-refractivity contribution in [2.75, 3.05) is 12.0 Å². The summed E-state index contributed by atoms with van der Waals surface area (Å²) in [6, 6.07) is 13.8.